The molecule has 0 saturated carbocycles. The van der Waals surface area contributed by atoms with Crippen molar-refractivity contribution in [3.8, 4) is 0 Å². The van der Waals surface area contributed by atoms with E-state index in [0.29, 0.717) is 12.8 Å². The summed E-state index contributed by atoms with van der Waals surface area (Å²) in [7, 11) is 0. The van der Waals surface area contributed by atoms with Gasteiger partial charge in [0, 0.05) is 11.8 Å². The van der Waals surface area contributed by atoms with Crippen LogP contribution in [0.25, 0.3) is 0 Å². The number of allylic oxidation sites excluding steroid dienone is 3. The molecule has 0 aromatic rings. The minimum absolute atomic E-state index is 0.0840. The Labute approximate surface area is 134 Å². The van der Waals surface area contributed by atoms with Gasteiger partial charge in [-0.15, -0.1) is 5.73 Å². The van der Waals surface area contributed by atoms with Crippen LogP contribution in [0.15, 0.2) is 30.5 Å². The van der Waals surface area contributed by atoms with E-state index >= 15 is 0 Å². The second-order valence-corrected chi connectivity index (χ2v) is 5.66. The van der Waals surface area contributed by atoms with Gasteiger partial charge in [-0.25, -0.2) is 0 Å². The zero-order valence-electron chi connectivity index (χ0n) is 13.7. The number of amides is 2. The van der Waals surface area contributed by atoms with Crippen molar-refractivity contribution in [1.82, 2.24) is 0 Å². The summed E-state index contributed by atoms with van der Waals surface area (Å²) >= 11 is 0. The standard InChI is InChI=1S/C18H30N2O2/c1-3-5-7-9-12-16(18(20)22)14-10-13-15(17(19)21)11-8-6-4-2/h5,7,9,15-16H,1,4,6,8,10-14H2,2H3,(H2,19,21)(H2,20,22). The lowest BCUT2D eigenvalue weighted by molar-refractivity contribution is -0.122. The van der Waals surface area contributed by atoms with Crippen molar-refractivity contribution in [3.63, 3.8) is 0 Å². The highest BCUT2D eigenvalue weighted by Crippen LogP contribution is 2.20. The monoisotopic (exact) mass is 306 g/mol. The zero-order valence-corrected chi connectivity index (χ0v) is 13.7. The first-order valence-corrected chi connectivity index (χ1v) is 8.12. The Morgan fingerprint density at radius 3 is 2.18 bits per heavy atom. The number of hydrogen-bond donors (Lipinski definition) is 2. The fraction of sp³-hybridized carbons (Fsp3) is 0.611. The molecule has 2 unspecified atom stereocenters. The molecular weight excluding hydrogens is 276 g/mol. The van der Waals surface area contributed by atoms with E-state index in [1.165, 1.54) is 0 Å². The average Bonchev–Trinajstić information content (AvgIpc) is 2.47. The second kappa shape index (κ2) is 12.9. The molecule has 0 spiro atoms. The maximum absolute atomic E-state index is 11.4. The Morgan fingerprint density at radius 2 is 1.64 bits per heavy atom. The first kappa shape index (κ1) is 20.2. The van der Waals surface area contributed by atoms with Crippen molar-refractivity contribution >= 4 is 11.8 Å². The van der Waals surface area contributed by atoms with Crippen molar-refractivity contribution in [3.05, 3.63) is 30.5 Å². The van der Waals surface area contributed by atoms with Crippen molar-refractivity contribution < 1.29 is 9.59 Å². The van der Waals surface area contributed by atoms with Crippen molar-refractivity contribution in [2.75, 3.05) is 0 Å². The SMILES string of the molecule is C=C=CC=CCC(CCCC(CCCCC)C(N)=O)C(N)=O. The summed E-state index contributed by atoms with van der Waals surface area (Å²) < 4.78 is 0. The summed E-state index contributed by atoms with van der Waals surface area (Å²) in [6.45, 7) is 5.59. The highest BCUT2D eigenvalue weighted by Gasteiger charge is 2.18. The lowest BCUT2D eigenvalue weighted by atomic mass is 9.91. The average molecular weight is 306 g/mol. The van der Waals surface area contributed by atoms with E-state index in [9.17, 15) is 9.59 Å². The number of unbranched alkanes of at least 4 members (excludes halogenated alkanes) is 2. The molecule has 0 aromatic carbocycles. The minimum Gasteiger partial charge on any atom is -0.369 e. The topological polar surface area (TPSA) is 86.2 Å². The molecule has 0 rings (SSSR count). The summed E-state index contributed by atoms with van der Waals surface area (Å²) in [6, 6.07) is 0. The molecular formula is C18H30N2O2. The van der Waals surface area contributed by atoms with Gasteiger partial charge in [-0.3, -0.25) is 9.59 Å². The van der Waals surface area contributed by atoms with Crippen LogP contribution in [0, 0.1) is 11.8 Å². The van der Waals surface area contributed by atoms with Gasteiger partial charge in [0.05, 0.1) is 0 Å². The van der Waals surface area contributed by atoms with Crippen LogP contribution in [0.5, 0.6) is 0 Å². The van der Waals surface area contributed by atoms with E-state index in [2.05, 4.69) is 19.2 Å². The Bertz CT molecular complexity index is 409. The molecule has 0 aliphatic rings. The lowest BCUT2D eigenvalue weighted by Gasteiger charge is -2.15. The van der Waals surface area contributed by atoms with Crippen LogP contribution in [-0.4, -0.2) is 11.8 Å². The highest BCUT2D eigenvalue weighted by atomic mass is 16.1. The number of rotatable bonds is 13. The minimum atomic E-state index is -0.297. The molecule has 2 atom stereocenters. The number of primary amides is 2. The van der Waals surface area contributed by atoms with Gasteiger partial charge >= 0.3 is 0 Å². The molecule has 4 N–H and O–H groups in total. The van der Waals surface area contributed by atoms with E-state index < -0.39 is 0 Å². The molecule has 4 heteroatoms. The maximum atomic E-state index is 11.4. The summed E-state index contributed by atoms with van der Waals surface area (Å²) in [5.41, 5.74) is 13.5. The molecule has 0 aliphatic heterocycles. The first-order chi connectivity index (χ1) is 10.5. The van der Waals surface area contributed by atoms with Crippen LogP contribution in [0.2, 0.25) is 0 Å². The summed E-state index contributed by atoms with van der Waals surface area (Å²) in [4.78, 5) is 22.9. The molecule has 2 amide bonds. The fourth-order valence-corrected chi connectivity index (χ4v) is 2.44. The Hall–Kier alpha value is -1.80. The van der Waals surface area contributed by atoms with E-state index in [-0.39, 0.29) is 23.7 Å². The van der Waals surface area contributed by atoms with Crippen molar-refractivity contribution in [2.45, 2.75) is 58.3 Å². The van der Waals surface area contributed by atoms with Crippen LogP contribution in [0.1, 0.15) is 58.3 Å². The third kappa shape index (κ3) is 10.0. The molecule has 0 saturated heterocycles. The quantitative estimate of drug-likeness (QED) is 0.311. The molecule has 0 bridgehead atoms. The van der Waals surface area contributed by atoms with Crippen molar-refractivity contribution in [1.29, 1.82) is 0 Å². The zero-order chi connectivity index (χ0) is 16.8. The number of hydrogen-bond acceptors (Lipinski definition) is 2. The van der Waals surface area contributed by atoms with Crippen LogP contribution in [0.4, 0.5) is 0 Å². The van der Waals surface area contributed by atoms with Crippen LogP contribution < -0.4 is 11.5 Å². The highest BCUT2D eigenvalue weighted by molar-refractivity contribution is 5.77. The van der Waals surface area contributed by atoms with Crippen molar-refractivity contribution in [2.24, 2.45) is 23.3 Å². The molecule has 0 fully saturated rings. The van der Waals surface area contributed by atoms with E-state index in [1.54, 1.807) is 12.2 Å². The third-order valence-corrected chi connectivity index (χ3v) is 3.84. The molecule has 0 heterocycles. The second-order valence-electron chi connectivity index (χ2n) is 5.66. The molecule has 4 nitrogen and oxygen atoms in total. The summed E-state index contributed by atoms with van der Waals surface area (Å²) in [5.74, 6) is -0.811. The molecule has 124 valence electrons. The summed E-state index contributed by atoms with van der Waals surface area (Å²) in [5, 5.41) is 0. The Morgan fingerprint density at radius 1 is 1.05 bits per heavy atom. The Kier molecular flexibility index (Phi) is 11.8. The molecule has 0 aromatic heterocycles. The normalized spacial score (nSPS) is 13.5. The number of carbonyl (C=O) groups excluding carboxylic acids is 2. The molecule has 0 aliphatic carbocycles. The largest absolute Gasteiger partial charge is 0.369 e. The van der Waals surface area contributed by atoms with Crippen LogP contribution >= 0.6 is 0 Å². The molecule has 0 radical (unpaired) electrons. The number of carbonyl (C=O) groups is 2. The predicted octanol–water partition coefficient (Wildman–Crippen LogP) is 3.23. The Balaban J connectivity index is 4.24. The predicted molar refractivity (Wildman–Crippen MR) is 90.8 cm³/mol. The maximum Gasteiger partial charge on any atom is 0.220 e. The van der Waals surface area contributed by atoms with Gasteiger partial charge in [-0.05, 0) is 31.8 Å². The van der Waals surface area contributed by atoms with Crippen LogP contribution in [-0.2, 0) is 9.59 Å². The number of nitrogens with two attached hydrogens (primary N) is 2. The van der Waals surface area contributed by atoms with E-state index in [4.69, 9.17) is 11.5 Å². The van der Waals surface area contributed by atoms with Crippen LogP contribution in [0.3, 0.4) is 0 Å². The van der Waals surface area contributed by atoms with E-state index in [1.807, 2.05) is 6.08 Å². The van der Waals surface area contributed by atoms with Gasteiger partial charge in [-0.1, -0.05) is 51.3 Å². The van der Waals surface area contributed by atoms with Gasteiger partial charge in [0.15, 0.2) is 0 Å². The lowest BCUT2D eigenvalue weighted by Crippen LogP contribution is -2.25. The van der Waals surface area contributed by atoms with Gasteiger partial charge < -0.3 is 11.5 Å². The van der Waals surface area contributed by atoms with Gasteiger partial charge in [0.1, 0.15) is 0 Å². The van der Waals surface area contributed by atoms with Gasteiger partial charge in [-0.2, -0.15) is 0 Å². The first-order valence-electron chi connectivity index (χ1n) is 8.12. The van der Waals surface area contributed by atoms with Gasteiger partial charge in [0.25, 0.3) is 0 Å². The summed E-state index contributed by atoms with van der Waals surface area (Å²) in [6.07, 6.45) is 12.3. The molecule has 22 heavy (non-hydrogen) atoms. The van der Waals surface area contributed by atoms with Gasteiger partial charge in [0.2, 0.25) is 11.8 Å². The van der Waals surface area contributed by atoms with E-state index in [0.717, 1.165) is 38.5 Å². The fourth-order valence-electron chi connectivity index (χ4n) is 2.44. The smallest absolute Gasteiger partial charge is 0.220 e. The third-order valence-electron chi connectivity index (χ3n) is 3.84.